The summed E-state index contributed by atoms with van der Waals surface area (Å²) in [6.45, 7) is 2.58. The summed E-state index contributed by atoms with van der Waals surface area (Å²) in [5.74, 6) is 0. The van der Waals surface area contributed by atoms with Gasteiger partial charge in [-0.3, -0.25) is 4.90 Å². The van der Waals surface area contributed by atoms with Gasteiger partial charge in [0.15, 0.2) is 0 Å². The summed E-state index contributed by atoms with van der Waals surface area (Å²) in [6.07, 6.45) is 10.4. The second-order valence-corrected chi connectivity index (χ2v) is 5.80. The van der Waals surface area contributed by atoms with E-state index in [1.165, 1.54) is 38.5 Å². The van der Waals surface area contributed by atoms with E-state index in [-0.39, 0.29) is 5.54 Å². The first-order valence-corrected chi connectivity index (χ1v) is 7.29. The van der Waals surface area contributed by atoms with Gasteiger partial charge < -0.3 is 10.5 Å². The highest BCUT2D eigenvalue weighted by Crippen LogP contribution is 2.32. The number of nitrogens with zero attached hydrogens (tertiary/aromatic N) is 1. The van der Waals surface area contributed by atoms with Crippen molar-refractivity contribution in [2.24, 2.45) is 5.73 Å². The lowest BCUT2D eigenvalue weighted by atomic mass is 9.84. The smallest absolute Gasteiger partial charge is 0.0484 e. The predicted octanol–water partition coefficient (Wildman–Crippen LogP) is 2.15. The average Bonchev–Trinajstić information content (AvgIpc) is 2.65. The Bertz CT molecular complexity index is 218. The van der Waals surface area contributed by atoms with Crippen LogP contribution in [0.4, 0.5) is 0 Å². The van der Waals surface area contributed by atoms with Gasteiger partial charge in [-0.15, -0.1) is 0 Å². The average molecular weight is 240 g/mol. The molecule has 0 spiro atoms. The number of likely N-dealkylation sites (N-methyl/N-ethyl adjacent to an activating group) is 1. The predicted molar refractivity (Wildman–Crippen MR) is 71.1 cm³/mol. The molecule has 3 heteroatoms. The minimum atomic E-state index is 0.207. The summed E-state index contributed by atoms with van der Waals surface area (Å²) in [6, 6.07) is 0.755. The van der Waals surface area contributed by atoms with Crippen LogP contribution >= 0.6 is 0 Å². The van der Waals surface area contributed by atoms with Crippen molar-refractivity contribution in [2.45, 2.75) is 62.9 Å². The molecule has 3 nitrogen and oxygen atoms in total. The van der Waals surface area contributed by atoms with Gasteiger partial charge in [-0.05, 0) is 39.2 Å². The van der Waals surface area contributed by atoms with Crippen molar-refractivity contribution in [2.75, 3.05) is 26.8 Å². The zero-order valence-corrected chi connectivity index (χ0v) is 11.3. The molecule has 100 valence electrons. The largest absolute Gasteiger partial charge is 0.381 e. The maximum absolute atomic E-state index is 6.12. The Balaban J connectivity index is 2.03. The molecule has 2 rings (SSSR count). The number of hydrogen-bond donors (Lipinski definition) is 1. The van der Waals surface area contributed by atoms with E-state index in [4.69, 9.17) is 10.5 Å². The highest BCUT2D eigenvalue weighted by Gasteiger charge is 2.37. The third-order valence-electron chi connectivity index (χ3n) is 4.89. The molecule has 0 aromatic heterocycles. The van der Waals surface area contributed by atoms with Crippen LogP contribution in [0.3, 0.4) is 0 Å². The highest BCUT2D eigenvalue weighted by atomic mass is 16.5. The van der Waals surface area contributed by atoms with Crippen LogP contribution in [0.5, 0.6) is 0 Å². The van der Waals surface area contributed by atoms with Gasteiger partial charge in [-0.2, -0.15) is 0 Å². The van der Waals surface area contributed by atoms with E-state index in [0.717, 1.165) is 38.6 Å². The molecule has 0 aromatic rings. The van der Waals surface area contributed by atoms with Crippen molar-refractivity contribution in [3.63, 3.8) is 0 Å². The molecule has 17 heavy (non-hydrogen) atoms. The normalized spacial score (nSPS) is 32.6. The number of ether oxygens (including phenoxy) is 1. The fourth-order valence-corrected chi connectivity index (χ4v) is 3.55. The van der Waals surface area contributed by atoms with E-state index in [9.17, 15) is 0 Å². The van der Waals surface area contributed by atoms with Crippen molar-refractivity contribution in [1.82, 2.24) is 4.90 Å². The van der Waals surface area contributed by atoms with Crippen molar-refractivity contribution in [3.05, 3.63) is 0 Å². The highest BCUT2D eigenvalue weighted by molar-refractivity contribution is 4.94. The minimum Gasteiger partial charge on any atom is -0.381 e. The number of hydrogen-bond acceptors (Lipinski definition) is 3. The molecule has 0 aromatic carbocycles. The molecule has 0 amide bonds. The van der Waals surface area contributed by atoms with Crippen LogP contribution < -0.4 is 5.73 Å². The quantitative estimate of drug-likeness (QED) is 0.821. The van der Waals surface area contributed by atoms with Crippen LogP contribution in [0.15, 0.2) is 0 Å². The van der Waals surface area contributed by atoms with E-state index in [0.29, 0.717) is 0 Å². The van der Waals surface area contributed by atoms with Crippen molar-refractivity contribution in [3.8, 4) is 0 Å². The molecule has 2 fully saturated rings. The summed E-state index contributed by atoms with van der Waals surface area (Å²) in [4.78, 5) is 2.61. The summed E-state index contributed by atoms with van der Waals surface area (Å²) in [5, 5.41) is 0. The Hall–Kier alpha value is -0.120. The van der Waals surface area contributed by atoms with Gasteiger partial charge in [-0.1, -0.05) is 19.3 Å². The maximum Gasteiger partial charge on any atom is 0.0484 e. The Morgan fingerprint density at radius 1 is 1.12 bits per heavy atom. The van der Waals surface area contributed by atoms with Gasteiger partial charge >= 0.3 is 0 Å². The lowest BCUT2D eigenvalue weighted by Crippen LogP contribution is -2.56. The van der Waals surface area contributed by atoms with Crippen molar-refractivity contribution in [1.29, 1.82) is 0 Å². The fraction of sp³-hybridized carbons (Fsp3) is 1.00. The fourth-order valence-electron chi connectivity index (χ4n) is 3.55. The van der Waals surface area contributed by atoms with Crippen molar-refractivity contribution >= 4 is 0 Å². The van der Waals surface area contributed by atoms with E-state index in [2.05, 4.69) is 11.9 Å². The topological polar surface area (TPSA) is 38.5 Å². The molecule has 1 heterocycles. The standard InChI is InChI=1S/C14H28N2O/c1-16(13-6-3-2-4-7-13)14(12-15)8-5-10-17-11-9-14/h13H,2-12,15H2,1H3. The van der Waals surface area contributed by atoms with E-state index < -0.39 is 0 Å². The van der Waals surface area contributed by atoms with Crippen LogP contribution in [-0.2, 0) is 4.74 Å². The summed E-state index contributed by atoms with van der Waals surface area (Å²) in [7, 11) is 2.30. The second kappa shape index (κ2) is 6.17. The van der Waals surface area contributed by atoms with Gasteiger partial charge in [0.1, 0.15) is 0 Å². The molecule has 0 radical (unpaired) electrons. The minimum absolute atomic E-state index is 0.207. The lowest BCUT2D eigenvalue weighted by Gasteiger charge is -2.46. The van der Waals surface area contributed by atoms with E-state index >= 15 is 0 Å². The first-order valence-electron chi connectivity index (χ1n) is 7.29. The maximum atomic E-state index is 6.12. The molecule has 1 aliphatic heterocycles. The number of nitrogens with two attached hydrogens (primary N) is 1. The molecule has 0 bridgehead atoms. The monoisotopic (exact) mass is 240 g/mol. The van der Waals surface area contributed by atoms with Crippen LogP contribution in [-0.4, -0.2) is 43.3 Å². The summed E-state index contributed by atoms with van der Waals surface area (Å²) < 4.78 is 5.61. The van der Waals surface area contributed by atoms with Crippen LogP contribution in [0.25, 0.3) is 0 Å². The molecule has 1 atom stereocenters. The lowest BCUT2D eigenvalue weighted by molar-refractivity contribution is 0.0390. The Morgan fingerprint density at radius 3 is 2.59 bits per heavy atom. The SMILES string of the molecule is CN(C1CCCCC1)C1(CN)CCCOCC1. The van der Waals surface area contributed by atoms with E-state index in [1.54, 1.807) is 0 Å². The van der Waals surface area contributed by atoms with Crippen LogP contribution in [0.1, 0.15) is 51.4 Å². The first-order chi connectivity index (χ1) is 8.28. The summed E-state index contributed by atoms with van der Waals surface area (Å²) >= 11 is 0. The first kappa shape index (κ1) is 13.3. The molecule has 1 saturated carbocycles. The molecule has 2 aliphatic rings. The molecule has 1 unspecified atom stereocenters. The Labute approximate surface area is 106 Å². The third kappa shape index (κ3) is 3.01. The zero-order valence-electron chi connectivity index (χ0n) is 11.3. The van der Waals surface area contributed by atoms with Crippen LogP contribution in [0, 0.1) is 0 Å². The van der Waals surface area contributed by atoms with Gasteiger partial charge in [-0.25, -0.2) is 0 Å². The Kier molecular flexibility index (Phi) is 4.83. The third-order valence-corrected chi connectivity index (χ3v) is 4.89. The molecule has 1 saturated heterocycles. The van der Waals surface area contributed by atoms with Crippen LogP contribution in [0.2, 0.25) is 0 Å². The van der Waals surface area contributed by atoms with Crippen molar-refractivity contribution < 1.29 is 4.74 Å². The van der Waals surface area contributed by atoms with Gasteiger partial charge in [0.05, 0.1) is 0 Å². The Morgan fingerprint density at radius 2 is 1.88 bits per heavy atom. The molecule has 2 N–H and O–H groups in total. The summed E-state index contributed by atoms with van der Waals surface area (Å²) in [5.41, 5.74) is 6.32. The molecular formula is C14H28N2O. The second-order valence-electron chi connectivity index (χ2n) is 5.80. The van der Waals surface area contributed by atoms with Gasteiger partial charge in [0, 0.05) is 31.3 Å². The van der Waals surface area contributed by atoms with Gasteiger partial charge in [0.25, 0.3) is 0 Å². The number of rotatable bonds is 3. The zero-order chi connectivity index (χ0) is 12.1. The molecular weight excluding hydrogens is 212 g/mol. The van der Waals surface area contributed by atoms with E-state index in [1.807, 2.05) is 0 Å². The molecule has 1 aliphatic carbocycles. The van der Waals surface area contributed by atoms with Gasteiger partial charge in [0.2, 0.25) is 0 Å².